The van der Waals surface area contributed by atoms with Crippen LogP contribution < -0.4 is 0 Å². The summed E-state index contributed by atoms with van der Waals surface area (Å²) in [6, 6.07) is 16.4. The molecule has 0 saturated carbocycles. The van der Waals surface area contributed by atoms with Crippen molar-refractivity contribution in [2.75, 3.05) is 0 Å². The molecule has 0 spiro atoms. The van der Waals surface area contributed by atoms with Gasteiger partial charge < -0.3 is 0 Å². The van der Waals surface area contributed by atoms with Gasteiger partial charge in [0.1, 0.15) is 5.82 Å². The number of aromatic nitrogens is 4. The maximum Gasteiger partial charge on any atom is 0.125 e. The first-order valence-electron chi connectivity index (χ1n) is 8.05. The molecule has 120 valence electrons. The Bertz CT molecular complexity index is 941. The zero-order chi connectivity index (χ0) is 17.1. The van der Waals surface area contributed by atoms with Crippen LogP contribution in [0.15, 0.2) is 79.5 Å². The highest BCUT2D eigenvalue weighted by atomic mass is 14.9. The SMILES string of the molecule is Cc1nccc(-c2cc(-c3cccnc3)cc(-c3cccnc3)c2)n1. The average Bonchev–Trinajstić information content (AvgIpc) is 2.69. The van der Waals surface area contributed by atoms with Crippen molar-refractivity contribution in [3.8, 4) is 33.5 Å². The van der Waals surface area contributed by atoms with Crippen molar-refractivity contribution in [3.63, 3.8) is 0 Å². The fourth-order valence-corrected chi connectivity index (χ4v) is 2.79. The number of aryl methyl sites for hydroxylation is 1. The van der Waals surface area contributed by atoms with Crippen molar-refractivity contribution >= 4 is 0 Å². The number of hydrogen-bond acceptors (Lipinski definition) is 4. The molecule has 25 heavy (non-hydrogen) atoms. The summed E-state index contributed by atoms with van der Waals surface area (Å²) < 4.78 is 0. The van der Waals surface area contributed by atoms with Gasteiger partial charge in [0.05, 0.1) is 5.69 Å². The summed E-state index contributed by atoms with van der Waals surface area (Å²) in [5.74, 6) is 0.757. The highest BCUT2D eigenvalue weighted by Gasteiger charge is 2.08. The lowest BCUT2D eigenvalue weighted by Gasteiger charge is -2.10. The van der Waals surface area contributed by atoms with Gasteiger partial charge in [0.25, 0.3) is 0 Å². The summed E-state index contributed by atoms with van der Waals surface area (Å²) in [5, 5.41) is 0. The van der Waals surface area contributed by atoms with Gasteiger partial charge in [-0.1, -0.05) is 12.1 Å². The Morgan fingerprint density at radius 1 is 0.640 bits per heavy atom. The molecule has 0 unspecified atom stereocenters. The van der Waals surface area contributed by atoms with Gasteiger partial charge in [-0.2, -0.15) is 0 Å². The zero-order valence-electron chi connectivity index (χ0n) is 13.8. The summed E-state index contributed by atoms with van der Waals surface area (Å²) in [5.41, 5.74) is 6.29. The van der Waals surface area contributed by atoms with Crippen LogP contribution in [0.4, 0.5) is 0 Å². The molecular weight excluding hydrogens is 308 g/mol. The second-order valence-corrected chi connectivity index (χ2v) is 5.77. The van der Waals surface area contributed by atoms with Gasteiger partial charge in [-0.3, -0.25) is 9.97 Å². The first-order chi connectivity index (χ1) is 12.3. The van der Waals surface area contributed by atoms with Crippen LogP contribution in [0.1, 0.15) is 5.82 Å². The zero-order valence-corrected chi connectivity index (χ0v) is 13.8. The summed E-state index contributed by atoms with van der Waals surface area (Å²) in [6.45, 7) is 1.90. The van der Waals surface area contributed by atoms with Gasteiger partial charge in [0, 0.05) is 47.7 Å². The van der Waals surface area contributed by atoms with Crippen LogP contribution in [0.3, 0.4) is 0 Å². The van der Waals surface area contributed by atoms with Crippen molar-refractivity contribution in [1.82, 2.24) is 19.9 Å². The third-order valence-corrected chi connectivity index (χ3v) is 3.99. The van der Waals surface area contributed by atoms with Crippen LogP contribution in [-0.2, 0) is 0 Å². The quantitative estimate of drug-likeness (QED) is 0.553. The summed E-state index contributed by atoms with van der Waals surface area (Å²) in [6.07, 6.45) is 9.10. The van der Waals surface area contributed by atoms with E-state index in [-0.39, 0.29) is 0 Å². The Labute approximate surface area is 146 Å². The van der Waals surface area contributed by atoms with Gasteiger partial charge >= 0.3 is 0 Å². The van der Waals surface area contributed by atoms with Crippen molar-refractivity contribution < 1.29 is 0 Å². The molecule has 0 saturated heterocycles. The Morgan fingerprint density at radius 3 is 1.76 bits per heavy atom. The molecular formula is C21H16N4. The van der Waals surface area contributed by atoms with E-state index in [1.54, 1.807) is 18.6 Å². The third kappa shape index (κ3) is 3.28. The van der Waals surface area contributed by atoms with E-state index in [1.165, 1.54) is 0 Å². The van der Waals surface area contributed by atoms with Gasteiger partial charge in [-0.25, -0.2) is 9.97 Å². The summed E-state index contributed by atoms with van der Waals surface area (Å²) in [7, 11) is 0. The number of pyridine rings is 2. The predicted octanol–water partition coefficient (Wildman–Crippen LogP) is 4.58. The van der Waals surface area contributed by atoms with Crippen LogP contribution in [0.25, 0.3) is 33.5 Å². The van der Waals surface area contributed by atoms with E-state index >= 15 is 0 Å². The maximum atomic E-state index is 4.57. The largest absolute Gasteiger partial charge is 0.264 e. The lowest BCUT2D eigenvalue weighted by molar-refractivity contribution is 1.06. The molecule has 0 aliphatic carbocycles. The van der Waals surface area contributed by atoms with Gasteiger partial charge in [-0.15, -0.1) is 0 Å². The normalized spacial score (nSPS) is 10.6. The monoisotopic (exact) mass is 324 g/mol. The molecule has 4 heteroatoms. The Balaban J connectivity index is 1.92. The molecule has 0 N–H and O–H groups in total. The van der Waals surface area contributed by atoms with Gasteiger partial charge in [-0.05, 0) is 54.4 Å². The highest BCUT2D eigenvalue weighted by Crippen LogP contribution is 2.31. The molecule has 4 nitrogen and oxygen atoms in total. The van der Waals surface area contributed by atoms with Crippen LogP contribution in [0.5, 0.6) is 0 Å². The smallest absolute Gasteiger partial charge is 0.125 e. The Hall–Kier alpha value is -3.40. The molecule has 4 rings (SSSR count). The lowest BCUT2D eigenvalue weighted by Crippen LogP contribution is -1.92. The molecule has 3 aromatic heterocycles. The van der Waals surface area contributed by atoms with E-state index in [0.717, 1.165) is 39.3 Å². The van der Waals surface area contributed by atoms with E-state index < -0.39 is 0 Å². The summed E-state index contributed by atoms with van der Waals surface area (Å²) in [4.78, 5) is 17.3. The molecule has 0 atom stereocenters. The predicted molar refractivity (Wildman–Crippen MR) is 98.7 cm³/mol. The first-order valence-corrected chi connectivity index (χ1v) is 8.05. The topological polar surface area (TPSA) is 51.6 Å². The Morgan fingerprint density at radius 2 is 1.24 bits per heavy atom. The van der Waals surface area contributed by atoms with Crippen LogP contribution >= 0.6 is 0 Å². The second-order valence-electron chi connectivity index (χ2n) is 5.77. The minimum atomic E-state index is 0.757. The minimum Gasteiger partial charge on any atom is -0.264 e. The van der Waals surface area contributed by atoms with E-state index in [0.29, 0.717) is 0 Å². The molecule has 1 aromatic carbocycles. The van der Waals surface area contributed by atoms with Crippen LogP contribution in [0.2, 0.25) is 0 Å². The van der Waals surface area contributed by atoms with Crippen molar-refractivity contribution in [1.29, 1.82) is 0 Å². The van der Waals surface area contributed by atoms with E-state index in [4.69, 9.17) is 0 Å². The molecule has 0 fully saturated rings. The summed E-state index contributed by atoms with van der Waals surface area (Å²) >= 11 is 0. The van der Waals surface area contributed by atoms with Crippen molar-refractivity contribution in [3.05, 3.63) is 85.3 Å². The third-order valence-electron chi connectivity index (χ3n) is 3.99. The van der Waals surface area contributed by atoms with Crippen LogP contribution in [-0.4, -0.2) is 19.9 Å². The molecule has 0 bridgehead atoms. The average molecular weight is 324 g/mol. The molecule has 0 radical (unpaired) electrons. The standard InChI is InChI=1S/C21H16N4/c1-15-24-9-6-21(25-15)20-11-18(16-4-2-7-22-13-16)10-19(12-20)17-5-3-8-23-14-17/h2-14H,1H3. The lowest BCUT2D eigenvalue weighted by atomic mass is 9.96. The molecule has 0 aliphatic rings. The van der Waals surface area contributed by atoms with Crippen molar-refractivity contribution in [2.45, 2.75) is 6.92 Å². The van der Waals surface area contributed by atoms with E-state index in [2.05, 4.69) is 50.3 Å². The number of nitrogens with zero attached hydrogens (tertiary/aromatic N) is 4. The second kappa shape index (κ2) is 6.61. The minimum absolute atomic E-state index is 0.757. The molecule has 4 aromatic rings. The fraction of sp³-hybridized carbons (Fsp3) is 0.0476. The van der Waals surface area contributed by atoms with E-state index in [9.17, 15) is 0 Å². The number of benzene rings is 1. The molecule has 0 amide bonds. The number of hydrogen-bond donors (Lipinski definition) is 0. The maximum absolute atomic E-state index is 4.57. The number of rotatable bonds is 3. The molecule has 3 heterocycles. The van der Waals surface area contributed by atoms with Gasteiger partial charge in [0.2, 0.25) is 0 Å². The fourth-order valence-electron chi connectivity index (χ4n) is 2.79. The van der Waals surface area contributed by atoms with Crippen molar-refractivity contribution in [2.24, 2.45) is 0 Å². The van der Waals surface area contributed by atoms with E-state index in [1.807, 2.05) is 37.5 Å². The highest BCUT2D eigenvalue weighted by molar-refractivity contribution is 5.79. The molecule has 0 aliphatic heterocycles. The van der Waals surface area contributed by atoms with Gasteiger partial charge in [0.15, 0.2) is 0 Å². The Kier molecular flexibility index (Phi) is 4.01. The first kappa shape index (κ1) is 15.1. The van der Waals surface area contributed by atoms with Crippen LogP contribution in [0, 0.1) is 6.92 Å².